The first-order valence-electron chi connectivity index (χ1n) is 17.4. The molecular formula is C47H49BrLi2N6O. The molecule has 57 heavy (non-hydrogen) atoms. The number of nitrogen functional groups attached to an aromatic ring is 2. The van der Waals surface area contributed by atoms with E-state index >= 15 is 0 Å². The van der Waals surface area contributed by atoms with Gasteiger partial charge in [0, 0.05) is 29.3 Å². The minimum Gasteiger partial charge on any atom is -0.398 e. The van der Waals surface area contributed by atoms with Gasteiger partial charge >= 0.3 is 37.7 Å². The van der Waals surface area contributed by atoms with Crippen molar-refractivity contribution in [2.45, 2.75) is 33.6 Å². The van der Waals surface area contributed by atoms with E-state index in [-0.39, 0.29) is 43.5 Å². The van der Waals surface area contributed by atoms with Crippen molar-refractivity contribution >= 4 is 33.1 Å². The average Bonchev–Trinajstić information content (AvgIpc) is 3.24. The minimum atomic E-state index is -0.145. The number of pyridine rings is 3. The van der Waals surface area contributed by atoms with Crippen molar-refractivity contribution in [1.29, 1.82) is 5.26 Å². The molecule has 7 nitrogen and oxygen atoms in total. The summed E-state index contributed by atoms with van der Waals surface area (Å²) < 4.78 is 0.884. The summed E-state index contributed by atoms with van der Waals surface area (Å²) in [6.07, 6.45) is 9.94. The van der Waals surface area contributed by atoms with Crippen LogP contribution in [0.3, 0.4) is 0 Å². The Morgan fingerprint density at radius 3 is 1.44 bits per heavy atom. The van der Waals surface area contributed by atoms with Crippen molar-refractivity contribution in [2.75, 3.05) is 11.5 Å². The molecule has 7 rings (SSSR count). The number of carbonyl (C=O) groups is 1. The number of nitriles is 1. The summed E-state index contributed by atoms with van der Waals surface area (Å²) >= 11 is 3.20. The number of unbranched alkanes of at least 4 members (excludes halogenated alkanes) is 1. The summed E-state index contributed by atoms with van der Waals surface area (Å²) in [5.41, 5.74) is 16.2. The van der Waals surface area contributed by atoms with Crippen molar-refractivity contribution in [3.63, 3.8) is 0 Å². The largest absolute Gasteiger partial charge is 1.00 e. The normalized spacial score (nSPS) is 8.49. The van der Waals surface area contributed by atoms with E-state index in [4.69, 9.17) is 16.7 Å². The number of para-hydroxylation sites is 2. The van der Waals surface area contributed by atoms with Crippen molar-refractivity contribution in [1.82, 2.24) is 15.0 Å². The number of rotatable bonds is 3. The molecule has 0 amide bonds. The van der Waals surface area contributed by atoms with Crippen LogP contribution >= 0.6 is 15.9 Å². The van der Waals surface area contributed by atoms with Gasteiger partial charge in [0.05, 0.1) is 5.56 Å². The Labute approximate surface area is 372 Å². The molecule has 3 aromatic heterocycles. The van der Waals surface area contributed by atoms with E-state index in [9.17, 15) is 4.79 Å². The molecule has 0 spiro atoms. The van der Waals surface area contributed by atoms with Gasteiger partial charge in [0.25, 0.3) is 0 Å². The summed E-state index contributed by atoms with van der Waals surface area (Å²) in [5, 5.41) is 8.39. The van der Waals surface area contributed by atoms with Crippen molar-refractivity contribution in [3.8, 4) is 6.07 Å². The second kappa shape index (κ2) is 36.4. The van der Waals surface area contributed by atoms with Gasteiger partial charge in [-0.15, -0.1) is 0 Å². The third-order valence-corrected chi connectivity index (χ3v) is 7.03. The second-order valence-corrected chi connectivity index (χ2v) is 11.9. The number of aryl methyl sites for hydroxylation is 2. The molecule has 0 saturated carbocycles. The zero-order valence-corrected chi connectivity index (χ0v) is 35.3. The van der Waals surface area contributed by atoms with Gasteiger partial charge in [-0.3, -0.25) is 9.78 Å². The van der Waals surface area contributed by atoms with Crippen LogP contribution in [-0.4, -0.2) is 20.7 Å². The molecule has 7 aromatic rings. The van der Waals surface area contributed by atoms with E-state index < -0.39 is 0 Å². The third-order valence-electron chi connectivity index (χ3n) is 6.56. The first-order chi connectivity index (χ1) is 26.7. The molecule has 0 saturated heterocycles. The quantitative estimate of drug-likeness (QED) is 0.0807. The number of nitrogens with zero attached hydrogens (tertiary/aromatic N) is 4. The molecule has 0 radical (unpaired) electrons. The molecule has 0 unspecified atom stereocenters. The molecule has 282 valence electrons. The maximum Gasteiger partial charge on any atom is 1.00 e. The fourth-order valence-electron chi connectivity index (χ4n) is 3.63. The molecule has 4 N–H and O–H groups in total. The van der Waals surface area contributed by atoms with Crippen LogP contribution in [0.1, 0.15) is 52.5 Å². The number of nitrogens with two attached hydrogens (primary N) is 2. The van der Waals surface area contributed by atoms with Crippen LogP contribution in [-0.2, 0) is 0 Å². The number of benzene rings is 4. The summed E-state index contributed by atoms with van der Waals surface area (Å²) in [6.45, 7) is 9.89. The van der Waals surface area contributed by atoms with Crippen LogP contribution in [0.2, 0.25) is 0 Å². The average molecular weight is 808 g/mol. The van der Waals surface area contributed by atoms with Crippen LogP contribution in [0, 0.1) is 38.3 Å². The SMILES string of the molecule is Brc1ccccn1.Cc1ccccc1.Cc1ccccc1.N#Cc1ccccc1N.Nc1ccccc1C(=O)c1ccccn1.[CH2-]CCC.[Li+].[Li+].[c-]1ccccn1. The molecule has 10 heteroatoms. The summed E-state index contributed by atoms with van der Waals surface area (Å²) in [4.78, 5) is 23.5. The van der Waals surface area contributed by atoms with Crippen LogP contribution in [0.15, 0.2) is 187 Å². The Bertz CT molecular complexity index is 1890. The number of carbonyl (C=O) groups excluding carboxylic acids is 1. The monoisotopic (exact) mass is 806 g/mol. The van der Waals surface area contributed by atoms with E-state index in [1.54, 1.807) is 91.4 Å². The van der Waals surface area contributed by atoms with Crippen molar-refractivity contribution in [2.24, 2.45) is 0 Å². The van der Waals surface area contributed by atoms with Gasteiger partial charge in [0.15, 0.2) is 0 Å². The maximum absolute atomic E-state index is 11.9. The van der Waals surface area contributed by atoms with Crippen LogP contribution in [0.25, 0.3) is 0 Å². The van der Waals surface area contributed by atoms with Gasteiger partial charge in [-0.2, -0.15) is 29.9 Å². The number of aromatic nitrogens is 3. The molecule has 0 aliphatic carbocycles. The summed E-state index contributed by atoms with van der Waals surface area (Å²) in [5.74, 6) is -0.145. The zero-order chi connectivity index (χ0) is 40.4. The molecule has 0 bridgehead atoms. The van der Waals surface area contributed by atoms with E-state index in [1.807, 2.05) is 72.8 Å². The number of halogens is 1. The summed E-state index contributed by atoms with van der Waals surface area (Å²) in [7, 11) is 0. The van der Waals surface area contributed by atoms with Gasteiger partial charge in [0.2, 0.25) is 5.78 Å². The molecule has 0 aliphatic heterocycles. The van der Waals surface area contributed by atoms with E-state index in [2.05, 4.69) is 89.0 Å². The summed E-state index contributed by atoms with van der Waals surface area (Å²) in [6, 6.07) is 52.9. The number of hydrogen-bond acceptors (Lipinski definition) is 7. The Kier molecular flexibility index (Phi) is 34.4. The van der Waals surface area contributed by atoms with Crippen LogP contribution < -0.4 is 49.2 Å². The molecule has 0 aliphatic rings. The van der Waals surface area contributed by atoms with Crippen LogP contribution in [0.4, 0.5) is 11.4 Å². The van der Waals surface area contributed by atoms with E-state index in [0.717, 1.165) is 11.0 Å². The Hall–Kier alpha value is -5.24. The number of anilines is 2. The number of hydrogen-bond donors (Lipinski definition) is 2. The predicted molar refractivity (Wildman–Crippen MR) is 232 cm³/mol. The fraction of sp³-hybridized carbons (Fsp3) is 0.106. The molecule has 3 heterocycles. The van der Waals surface area contributed by atoms with Gasteiger partial charge in [0.1, 0.15) is 16.4 Å². The van der Waals surface area contributed by atoms with E-state index in [1.165, 1.54) is 17.5 Å². The smallest absolute Gasteiger partial charge is 0.398 e. The van der Waals surface area contributed by atoms with Gasteiger partial charge < -0.3 is 23.4 Å². The zero-order valence-electron chi connectivity index (χ0n) is 33.7. The molecule has 0 fully saturated rings. The van der Waals surface area contributed by atoms with Crippen molar-refractivity contribution < 1.29 is 42.5 Å². The Morgan fingerprint density at radius 1 is 0.667 bits per heavy atom. The topological polar surface area (TPSA) is 132 Å². The molecule has 0 atom stereocenters. The van der Waals surface area contributed by atoms with Gasteiger partial charge in [-0.1, -0.05) is 134 Å². The Morgan fingerprint density at radius 2 is 1.14 bits per heavy atom. The van der Waals surface area contributed by atoms with Gasteiger partial charge in [-0.25, -0.2) is 4.98 Å². The standard InChI is InChI=1S/C12H10N2O.C7H6N2.2C7H8.C5H4BrN.C5H4N.C4H9.2Li/c13-10-6-2-1-5-9(10)12(15)11-7-3-4-8-14-11;8-5-6-3-1-2-4-7(6)9;2*1-7-5-3-2-4-6-7;6-5-3-1-2-4-7-5;1-2-4-6-5-3-1;1-3-4-2;;/h1-8H,13H2;1-4H,9H2;2*2-6H,1H3;1-4H;1-4H;1,3-4H2,2H3;;/q;;;;;2*-1;2*+1. The second-order valence-electron chi connectivity index (χ2n) is 11.1. The first kappa shape index (κ1) is 53.9. The fourth-order valence-corrected chi connectivity index (χ4v) is 3.90. The predicted octanol–water partition coefficient (Wildman–Crippen LogP) is 5.38. The van der Waals surface area contributed by atoms with Gasteiger partial charge in [-0.05, 0) is 78.3 Å². The van der Waals surface area contributed by atoms with Crippen LogP contribution in [0.5, 0.6) is 0 Å². The van der Waals surface area contributed by atoms with E-state index in [0.29, 0.717) is 28.2 Å². The minimum absolute atomic E-state index is 0. The first-order valence-corrected chi connectivity index (χ1v) is 18.2. The molecular weight excluding hydrogens is 758 g/mol. The Balaban J connectivity index is 0. The third kappa shape index (κ3) is 27.9. The maximum atomic E-state index is 11.9. The number of ketones is 1. The van der Waals surface area contributed by atoms with Crippen molar-refractivity contribution in [3.05, 3.63) is 228 Å². The molecule has 4 aromatic carbocycles.